The van der Waals surface area contributed by atoms with Crippen molar-refractivity contribution in [2.24, 2.45) is 0 Å². The van der Waals surface area contributed by atoms with E-state index in [1.165, 1.54) is 0 Å². The molecule has 0 atom stereocenters. The van der Waals surface area contributed by atoms with Crippen molar-refractivity contribution in [2.75, 3.05) is 10.7 Å². The second kappa shape index (κ2) is 9.21. The zero-order chi connectivity index (χ0) is 10.1. The third kappa shape index (κ3) is 8.97. The van der Waals surface area contributed by atoms with Crippen molar-refractivity contribution < 1.29 is 9.59 Å². The summed E-state index contributed by atoms with van der Waals surface area (Å²) in [7, 11) is 0. The van der Waals surface area contributed by atoms with Crippen LogP contribution in [-0.2, 0) is 9.59 Å². The van der Waals surface area contributed by atoms with E-state index in [9.17, 15) is 9.59 Å². The molecular weight excluding hydrogens is 320 g/mol. The number of thioether (sulfide) groups is 1. The molecule has 0 rings (SSSR count). The lowest BCUT2D eigenvalue weighted by Crippen LogP contribution is -2.00. The van der Waals surface area contributed by atoms with E-state index < -0.39 is 0 Å². The first-order chi connectivity index (χ1) is 6.20. The molecule has 0 amide bonds. The molecule has 0 aliphatic heterocycles. The van der Waals surface area contributed by atoms with E-state index in [4.69, 9.17) is 0 Å². The van der Waals surface area contributed by atoms with Gasteiger partial charge in [-0.25, -0.2) is 0 Å². The van der Waals surface area contributed by atoms with Crippen LogP contribution < -0.4 is 0 Å². The van der Waals surface area contributed by atoms with Gasteiger partial charge in [0.2, 0.25) is 0 Å². The van der Waals surface area contributed by atoms with E-state index in [1.54, 1.807) is 0 Å². The number of hydrogen-bond acceptors (Lipinski definition) is 3. The Labute approximate surface area is 99.5 Å². The van der Waals surface area contributed by atoms with Gasteiger partial charge in [0.1, 0.15) is 0 Å². The van der Waals surface area contributed by atoms with Crippen LogP contribution in [0.4, 0.5) is 0 Å². The van der Waals surface area contributed by atoms with Crippen LogP contribution in [0.2, 0.25) is 0 Å². The van der Waals surface area contributed by atoms with Gasteiger partial charge in [0.15, 0.2) is 10.2 Å². The van der Waals surface area contributed by atoms with Crippen molar-refractivity contribution in [3.05, 3.63) is 0 Å². The molecule has 0 aromatic heterocycles. The van der Waals surface area contributed by atoms with Crippen molar-refractivity contribution >= 4 is 53.9 Å². The molecule has 0 aliphatic rings. The van der Waals surface area contributed by atoms with Crippen molar-refractivity contribution in [1.29, 1.82) is 0 Å². The van der Waals surface area contributed by atoms with Gasteiger partial charge in [-0.3, -0.25) is 9.59 Å². The predicted molar refractivity (Wildman–Crippen MR) is 63.7 cm³/mol. The third-order valence-corrected chi connectivity index (χ3v) is 3.24. The summed E-state index contributed by atoms with van der Waals surface area (Å²) in [6, 6.07) is 0. The van der Waals surface area contributed by atoms with Gasteiger partial charge in [-0.1, -0.05) is 31.9 Å². The fraction of sp³-hybridized carbons (Fsp3) is 0.750. The maximum atomic E-state index is 11.1. The Kier molecular flexibility index (Phi) is 9.68. The van der Waals surface area contributed by atoms with Crippen LogP contribution in [0.25, 0.3) is 0 Å². The van der Waals surface area contributed by atoms with Gasteiger partial charge >= 0.3 is 0 Å². The van der Waals surface area contributed by atoms with Gasteiger partial charge in [0, 0.05) is 23.5 Å². The number of rotatable bonds is 6. The highest BCUT2D eigenvalue weighted by Gasteiger charge is 2.09. The maximum Gasteiger partial charge on any atom is 0.196 e. The average molecular weight is 332 g/mol. The average Bonchev–Trinajstić information content (AvgIpc) is 2.11. The Balaban J connectivity index is 3.47. The van der Waals surface area contributed by atoms with Crippen molar-refractivity contribution in [3.8, 4) is 0 Å². The molecule has 13 heavy (non-hydrogen) atoms. The second-order valence-electron chi connectivity index (χ2n) is 2.43. The minimum atomic E-state index is -0.0148. The summed E-state index contributed by atoms with van der Waals surface area (Å²) in [6.45, 7) is 0. The Hall–Kier alpha value is 0.650. The zero-order valence-corrected chi connectivity index (χ0v) is 11.2. The van der Waals surface area contributed by atoms with Crippen molar-refractivity contribution in [3.63, 3.8) is 0 Å². The molecule has 0 spiro atoms. The van der Waals surface area contributed by atoms with Crippen LogP contribution in [0.3, 0.4) is 0 Å². The smallest absolute Gasteiger partial charge is 0.196 e. The monoisotopic (exact) mass is 330 g/mol. The molecule has 0 bridgehead atoms. The third-order valence-electron chi connectivity index (χ3n) is 1.26. The lowest BCUT2D eigenvalue weighted by atomic mass is 10.4. The molecule has 0 saturated heterocycles. The molecular formula is C8H12Br2O2S. The molecule has 5 heteroatoms. The summed E-state index contributed by atoms with van der Waals surface area (Å²) in [5.74, 6) is 0. The number of carbonyl (C=O) groups is 2. The summed E-state index contributed by atoms with van der Waals surface area (Å²) in [4.78, 5) is 22.2. The first-order valence-electron chi connectivity index (χ1n) is 4.06. The fourth-order valence-corrected chi connectivity index (χ4v) is 1.96. The summed E-state index contributed by atoms with van der Waals surface area (Å²) in [5, 5.41) is 1.60. The highest BCUT2D eigenvalue weighted by Crippen LogP contribution is 2.13. The Morgan fingerprint density at radius 1 is 0.923 bits per heavy atom. The lowest BCUT2D eigenvalue weighted by Gasteiger charge is -1.97. The Bertz CT molecular complexity index is 156. The molecule has 0 N–H and O–H groups in total. The van der Waals surface area contributed by atoms with Gasteiger partial charge < -0.3 is 0 Å². The highest BCUT2D eigenvalue weighted by molar-refractivity contribution is 9.09. The van der Waals surface area contributed by atoms with Crippen molar-refractivity contribution in [2.45, 2.75) is 25.7 Å². The zero-order valence-electron chi connectivity index (χ0n) is 7.22. The number of alkyl halides is 2. The summed E-state index contributed by atoms with van der Waals surface area (Å²) in [5.41, 5.74) is 0. The van der Waals surface area contributed by atoms with E-state index in [0.717, 1.165) is 35.3 Å². The summed E-state index contributed by atoms with van der Waals surface area (Å²) in [6.07, 6.45) is 2.57. The SMILES string of the molecule is O=C(CCCBr)SC(=O)CCCBr. The fourth-order valence-electron chi connectivity index (χ4n) is 0.651. The standard InChI is InChI=1S/C8H12Br2O2S/c9-5-1-3-7(11)13-8(12)4-2-6-10/h1-6H2. The van der Waals surface area contributed by atoms with Gasteiger partial charge in [-0.2, -0.15) is 0 Å². The van der Waals surface area contributed by atoms with E-state index in [1.807, 2.05) is 0 Å². The minimum absolute atomic E-state index is 0.0148. The first-order valence-corrected chi connectivity index (χ1v) is 7.12. The molecule has 0 heterocycles. The van der Waals surface area contributed by atoms with E-state index >= 15 is 0 Å². The molecule has 0 fully saturated rings. The quantitative estimate of drug-likeness (QED) is 0.701. The van der Waals surface area contributed by atoms with E-state index in [-0.39, 0.29) is 10.2 Å². The van der Waals surface area contributed by atoms with E-state index in [2.05, 4.69) is 31.9 Å². The molecule has 0 saturated carbocycles. The largest absolute Gasteiger partial charge is 0.287 e. The number of carbonyl (C=O) groups excluding carboxylic acids is 2. The number of halogens is 2. The molecule has 0 radical (unpaired) electrons. The van der Waals surface area contributed by atoms with Gasteiger partial charge in [-0.15, -0.1) is 0 Å². The normalized spacial score (nSPS) is 10.0. The molecule has 0 aliphatic carbocycles. The van der Waals surface area contributed by atoms with Gasteiger partial charge in [0.05, 0.1) is 0 Å². The summed E-state index contributed by atoms with van der Waals surface area (Å²) < 4.78 is 0. The molecule has 2 nitrogen and oxygen atoms in total. The Morgan fingerprint density at radius 3 is 1.62 bits per heavy atom. The topological polar surface area (TPSA) is 34.1 Å². The molecule has 0 aromatic rings. The number of hydrogen-bond donors (Lipinski definition) is 0. The van der Waals surface area contributed by atoms with Crippen LogP contribution in [0, 0.1) is 0 Å². The first kappa shape index (κ1) is 13.7. The molecule has 0 unspecified atom stereocenters. The van der Waals surface area contributed by atoms with Crippen LogP contribution in [0.5, 0.6) is 0 Å². The van der Waals surface area contributed by atoms with Crippen LogP contribution in [0.15, 0.2) is 0 Å². The van der Waals surface area contributed by atoms with Crippen LogP contribution in [-0.4, -0.2) is 20.9 Å². The summed E-state index contributed by atoms with van der Waals surface area (Å²) >= 11 is 7.33. The lowest BCUT2D eigenvalue weighted by molar-refractivity contribution is -0.113. The maximum absolute atomic E-state index is 11.1. The second-order valence-corrected chi connectivity index (χ2v) is 5.13. The van der Waals surface area contributed by atoms with Crippen LogP contribution in [0.1, 0.15) is 25.7 Å². The van der Waals surface area contributed by atoms with Crippen LogP contribution >= 0.6 is 43.6 Å². The predicted octanol–water partition coefficient (Wildman–Crippen LogP) is 3.12. The van der Waals surface area contributed by atoms with Gasteiger partial charge in [0.25, 0.3) is 0 Å². The Morgan fingerprint density at radius 2 is 1.31 bits per heavy atom. The van der Waals surface area contributed by atoms with Gasteiger partial charge in [-0.05, 0) is 24.6 Å². The molecule has 0 aromatic carbocycles. The highest BCUT2D eigenvalue weighted by atomic mass is 79.9. The molecule has 76 valence electrons. The minimum Gasteiger partial charge on any atom is -0.287 e. The van der Waals surface area contributed by atoms with E-state index in [0.29, 0.717) is 12.8 Å². The van der Waals surface area contributed by atoms with Crippen molar-refractivity contribution in [1.82, 2.24) is 0 Å².